The summed E-state index contributed by atoms with van der Waals surface area (Å²) in [7, 11) is -2.01. The van der Waals surface area contributed by atoms with E-state index in [2.05, 4.69) is 0 Å². The average Bonchev–Trinajstić information content (AvgIpc) is 2.85. The smallest absolute Gasteiger partial charge is 0.420 e. The monoisotopic (exact) mass is 506 g/mol. The lowest BCUT2D eigenvalue weighted by Gasteiger charge is -2.39. The highest BCUT2D eigenvalue weighted by atomic mass is 32.2. The second kappa shape index (κ2) is 9.33. The second-order valence-electron chi connectivity index (χ2n) is 8.43. The molecule has 0 aromatic heterocycles. The molecule has 34 heavy (non-hydrogen) atoms. The molecule has 0 saturated carbocycles. The van der Waals surface area contributed by atoms with E-state index in [0.29, 0.717) is 0 Å². The zero-order valence-corrected chi connectivity index (χ0v) is 19.6. The summed E-state index contributed by atoms with van der Waals surface area (Å²) in [6.45, 7) is 0.961. The molecule has 2 atom stereocenters. The van der Waals surface area contributed by atoms with Gasteiger partial charge in [0.05, 0.1) is 36.6 Å². The highest BCUT2D eigenvalue weighted by Gasteiger charge is 2.46. The third-order valence-electron chi connectivity index (χ3n) is 6.14. The molecule has 0 amide bonds. The highest BCUT2D eigenvalue weighted by Crippen LogP contribution is 2.47. The lowest BCUT2D eigenvalue weighted by atomic mass is 9.92. The van der Waals surface area contributed by atoms with Crippen LogP contribution < -0.4 is 9.64 Å². The maximum Gasteiger partial charge on any atom is 0.420 e. The summed E-state index contributed by atoms with van der Waals surface area (Å²) in [5.74, 6) is -1.22. The summed E-state index contributed by atoms with van der Waals surface area (Å²) in [5, 5.41) is 19.0. The number of ether oxygens (including phenoxy) is 1. The van der Waals surface area contributed by atoms with Gasteiger partial charge >= 0.3 is 6.18 Å². The summed E-state index contributed by atoms with van der Waals surface area (Å²) in [5.41, 5.74) is -2.33. The Balaban J connectivity index is 2.31. The molecule has 2 N–H and O–H groups in total. The summed E-state index contributed by atoms with van der Waals surface area (Å²) in [6.07, 6.45) is -5.81. The number of methoxy groups -OCH3 is 1. The van der Waals surface area contributed by atoms with Crippen molar-refractivity contribution in [3.63, 3.8) is 0 Å². The Hall–Kier alpha value is -2.41. The van der Waals surface area contributed by atoms with Crippen molar-refractivity contribution in [2.75, 3.05) is 32.2 Å². The number of aliphatic hydroxyl groups excluding tert-OH is 2. The Bertz CT molecular complexity index is 1140. The Kier molecular flexibility index (Phi) is 7.19. The molecular formula is C22H26F4N2O5S. The number of rotatable bonds is 6. The first-order valence-electron chi connectivity index (χ1n) is 10.3. The fourth-order valence-electron chi connectivity index (χ4n) is 3.98. The van der Waals surface area contributed by atoms with Crippen molar-refractivity contribution in [1.82, 2.24) is 4.31 Å². The third-order valence-corrected chi connectivity index (χ3v) is 8.18. The van der Waals surface area contributed by atoms with Crippen molar-refractivity contribution >= 4 is 21.4 Å². The highest BCUT2D eigenvalue weighted by molar-refractivity contribution is 7.89. The summed E-state index contributed by atoms with van der Waals surface area (Å²) >= 11 is 0. The van der Waals surface area contributed by atoms with Gasteiger partial charge in [-0.15, -0.1) is 0 Å². The molecule has 2 unspecified atom stereocenters. The number of benzene rings is 2. The number of nitrogens with zero attached hydrogens (tertiary/aromatic N) is 2. The predicted octanol–water partition coefficient (Wildman–Crippen LogP) is 3.52. The first-order valence-corrected chi connectivity index (χ1v) is 11.8. The first-order chi connectivity index (χ1) is 15.7. The van der Waals surface area contributed by atoms with Crippen molar-refractivity contribution < 1.29 is 40.9 Å². The fourth-order valence-corrected chi connectivity index (χ4v) is 5.69. The van der Waals surface area contributed by atoms with Gasteiger partial charge in [-0.25, -0.2) is 12.8 Å². The molecule has 1 aliphatic rings. The lowest BCUT2D eigenvalue weighted by Crippen LogP contribution is -2.52. The standard InChI is InChI=1S/C22H26F4N2O5S/c1-21(9-8-16(30)12-29)13-28(15-6-4-14(23)5-7-15)18-10-17(22(24,25)26)19(33-3)11-20(18)34(31,32)27(21)2/h4-7,10-11,16,29-30H,8-9,12-13H2,1-3H3. The van der Waals surface area contributed by atoms with Crippen LogP contribution in [0.2, 0.25) is 0 Å². The van der Waals surface area contributed by atoms with Crippen molar-refractivity contribution in [3.8, 4) is 5.75 Å². The van der Waals surface area contributed by atoms with Crippen molar-refractivity contribution in [2.24, 2.45) is 0 Å². The van der Waals surface area contributed by atoms with E-state index in [1.807, 2.05) is 0 Å². The molecule has 12 heteroatoms. The SMILES string of the molecule is COc1cc2c(cc1C(F)(F)F)N(c1ccc(F)cc1)CC(C)(CCC(O)CO)N(C)S2(=O)=O. The van der Waals surface area contributed by atoms with E-state index in [0.717, 1.165) is 35.7 Å². The number of alkyl halides is 3. The Labute approximate surface area is 195 Å². The van der Waals surface area contributed by atoms with Crippen molar-refractivity contribution in [2.45, 2.75) is 42.5 Å². The van der Waals surface area contributed by atoms with Crippen LogP contribution in [0.5, 0.6) is 5.75 Å². The molecule has 1 aliphatic heterocycles. The quantitative estimate of drug-likeness (QED) is 0.583. The Morgan fingerprint density at radius 2 is 1.82 bits per heavy atom. The van der Waals surface area contributed by atoms with Crippen LogP contribution in [0.25, 0.3) is 0 Å². The molecule has 0 fully saturated rings. The van der Waals surface area contributed by atoms with E-state index < -0.39 is 56.5 Å². The van der Waals surface area contributed by atoms with Gasteiger partial charge in [-0.1, -0.05) is 0 Å². The zero-order chi connectivity index (χ0) is 25.5. The minimum Gasteiger partial charge on any atom is -0.496 e. The maximum absolute atomic E-state index is 13.8. The average molecular weight is 507 g/mol. The molecule has 188 valence electrons. The van der Waals surface area contributed by atoms with E-state index in [4.69, 9.17) is 4.74 Å². The number of anilines is 2. The number of aliphatic hydroxyl groups is 2. The van der Waals surface area contributed by atoms with Gasteiger partial charge in [-0.2, -0.15) is 17.5 Å². The molecule has 7 nitrogen and oxygen atoms in total. The first kappa shape index (κ1) is 26.2. The molecule has 0 spiro atoms. The number of hydrogen-bond acceptors (Lipinski definition) is 6. The summed E-state index contributed by atoms with van der Waals surface area (Å²) < 4.78 is 88.1. The van der Waals surface area contributed by atoms with Gasteiger partial charge < -0.3 is 19.8 Å². The van der Waals surface area contributed by atoms with Crippen LogP contribution in [-0.2, 0) is 16.2 Å². The van der Waals surface area contributed by atoms with Crippen LogP contribution in [-0.4, -0.2) is 61.9 Å². The minimum atomic E-state index is -4.83. The van der Waals surface area contributed by atoms with Crippen LogP contribution in [0.4, 0.5) is 28.9 Å². The Morgan fingerprint density at radius 3 is 2.35 bits per heavy atom. The van der Waals surface area contributed by atoms with E-state index in [-0.39, 0.29) is 30.8 Å². The minimum absolute atomic E-state index is 0.0393. The molecule has 2 aromatic carbocycles. The normalized spacial score (nSPS) is 21.6. The van der Waals surface area contributed by atoms with E-state index >= 15 is 0 Å². The van der Waals surface area contributed by atoms with Crippen LogP contribution in [0.3, 0.4) is 0 Å². The van der Waals surface area contributed by atoms with Gasteiger partial charge in [-0.3, -0.25) is 0 Å². The van der Waals surface area contributed by atoms with Gasteiger partial charge in [0, 0.05) is 25.3 Å². The topological polar surface area (TPSA) is 90.3 Å². The maximum atomic E-state index is 13.8. The second-order valence-corrected chi connectivity index (χ2v) is 10.4. The lowest BCUT2D eigenvalue weighted by molar-refractivity contribution is -0.138. The van der Waals surface area contributed by atoms with Gasteiger partial charge in [0.2, 0.25) is 10.0 Å². The number of halogens is 4. The zero-order valence-electron chi connectivity index (χ0n) is 18.8. The third kappa shape index (κ3) is 4.85. The molecule has 1 heterocycles. The molecule has 2 aromatic rings. The Morgan fingerprint density at radius 1 is 1.21 bits per heavy atom. The van der Waals surface area contributed by atoms with Gasteiger partial charge in [0.15, 0.2) is 0 Å². The van der Waals surface area contributed by atoms with Crippen LogP contribution in [0.15, 0.2) is 41.3 Å². The van der Waals surface area contributed by atoms with Crippen molar-refractivity contribution in [3.05, 3.63) is 47.8 Å². The van der Waals surface area contributed by atoms with Crippen molar-refractivity contribution in [1.29, 1.82) is 0 Å². The van der Waals surface area contributed by atoms with Gasteiger partial charge in [0.1, 0.15) is 16.5 Å². The molecule has 0 saturated heterocycles. The van der Waals surface area contributed by atoms with E-state index in [9.17, 15) is 36.2 Å². The molecular weight excluding hydrogens is 480 g/mol. The summed E-state index contributed by atoms with van der Waals surface area (Å²) in [4.78, 5) is 0.978. The largest absolute Gasteiger partial charge is 0.496 e. The molecule has 0 bridgehead atoms. The predicted molar refractivity (Wildman–Crippen MR) is 117 cm³/mol. The van der Waals surface area contributed by atoms with E-state index in [1.54, 1.807) is 6.92 Å². The number of likely N-dealkylation sites (N-methyl/N-ethyl adjacent to an activating group) is 1. The van der Waals surface area contributed by atoms with Crippen LogP contribution in [0, 0.1) is 5.82 Å². The number of hydrogen-bond donors (Lipinski definition) is 2. The van der Waals surface area contributed by atoms with E-state index in [1.165, 1.54) is 24.1 Å². The number of fused-ring (bicyclic) bond motifs is 1. The number of sulfonamides is 1. The molecule has 0 radical (unpaired) electrons. The fraction of sp³-hybridized carbons (Fsp3) is 0.455. The van der Waals surface area contributed by atoms with Crippen LogP contribution >= 0.6 is 0 Å². The van der Waals surface area contributed by atoms with Gasteiger partial charge in [-0.05, 0) is 50.1 Å². The molecule has 3 rings (SSSR count). The summed E-state index contributed by atoms with van der Waals surface area (Å²) in [6, 6.07) is 6.50. The molecule has 0 aliphatic carbocycles. The van der Waals surface area contributed by atoms with Gasteiger partial charge in [0.25, 0.3) is 0 Å². The van der Waals surface area contributed by atoms with Crippen LogP contribution in [0.1, 0.15) is 25.3 Å².